The summed E-state index contributed by atoms with van der Waals surface area (Å²) in [6, 6.07) is 5.06. The normalized spacial score (nSPS) is 16.9. The molecule has 0 bridgehead atoms. The van der Waals surface area contributed by atoms with Gasteiger partial charge in [0.1, 0.15) is 16.9 Å². The monoisotopic (exact) mass is 391 g/mol. The van der Waals surface area contributed by atoms with E-state index in [1.807, 2.05) is 20.8 Å². The number of amides is 1. The number of anilines is 1. The molecule has 1 N–H and O–H groups in total. The molecule has 1 atom stereocenters. The second-order valence-electron chi connectivity index (χ2n) is 7.40. The predicted octanol–water partition coefficient (Wildman–Crippen LogP) is 4.72. The lowest BCUT2D eigenvalue weighted by molar-refractivity contribution is -0.146. The van der Waals surface area contributed by atoms with Crippen molar-refractivity contribution in [1.29, 1.82) is 0 Å². The largest absolute Gasteiger partial charge is 0.490 e. The van der Waals surface area contributed by atoms with Gasteiger partial charge < -0.3 is 19.5 Å². The van der Waals surface area contributed by atoms with Gasteiger partial charge in [0.15, 0.2) is 0 Å². The molecule has 1 amide bonds. The molecule has 1 saturated carbocycles. The van der Waals surface area contributed by atoms with E-state index in [-0.39, 0.29) is 12.0 Å². The molecule has 1 aliphatic carbocycles. The molecule has 0 aromatic heterocycles. The lowest BCUT2D eigenvalue weighted by Crippen LogP contribution is -2.47. The Balaban J connectivity index is 2.23. The van der Waals surface area contributed by atoms with Crippen LogP contribution in [0.4, 0.5) is 5.69 Å². The molecule has 0 radical (unpaired) electrons. The summed E-state index contributed by atoms with van der Waals surface area (Å²) in [6.45, 7) is 6.54. The number of ether oxygens (including phenoxy) is 3. The maximum absolute atomic E-state index is 13.1. The molecule has 28 heavy (non-hydrogen) atoms. The Morgan fingerprint density at radius 3 is 2.50 bits per heavy atom. The Kier molecular flexibility index (Phi) is 8.30. The summed E-state index contributed by atoms with van der Waals surface area (Å²) >= 11 is 0. The highest BCUT2D eigenvalue weighted by Crippen LogP contribution is 2.34. The number of rotatable bonds is 9. The minimum absolute atomic E-state index is 0.0307. The summed E-state index contributed by atoms with van der Waals surface area (Å²) in [7, 11) is 1.33. The first-order valence-electron chi connectivity index (χ1n) is 10.3. The van der Waals surface area contributed by atoms with Crippen LogP contribution in [0.15, 0.2) is 18.2 Å². The zero-order valence-electron chi connectivity index (χ0n) is 17.5. The first kappa shape index (κ1) is 22.2. The fourth-order valence-electron chi connectivity index (χ4n) is 3.38. The molecule has 2 rings (SSSR count). The molecule has 0 heterocycles. The maximum atomic E-state index is 13.1. The SMILES string of the molecule is CCCOC1(C(=O)Nc2ccc(O[C@@H](C)CC)c(C(=O)OC)c2)CCCCC1. The van der Waals surface area contributed by atoms with Gasteiger partial charge in [-0.05, 0) is 50.8 Å². The predicted molar refractivity (Wildman–Crippen MR) is 109 cm³/mol. The quantitative estimate of drug-likeness (QED) is 0.617. The van der Waals surface area contributed by atoms with Gasteiger partial charge in [0.25, 0.3) is 5.91 Å². The maximum Gasteiger partial charge on any atom is 0.341 e. The van der Waals surface area contributed by atoms with Crippen molar-refractivity contribution in [3.8, 4) is 5.75 Å². The van der Waals surface area contributed by atoms with Gasteiger partial charge >= 0.3 is 5.97 Å². The van der Waals surface area contributed by atoms with Crippen molar-refractivity contribution in [1.82, 2.24) is 0 Å². The molecule has 1 aliphatic rings. The van der Waals surface area contributed by atoms with Crippen molar-refractivity contribution in [2.24, 2.45) is 0 Å². The zero-order valence-corrected chi connectivity index (χ0v) is 17.5. The molecule has 0 saturated heterocycles. The van der Waals surface area contributed by atoms with Crippen LogP contribution in [0.1, 0.15) is 76.1 Å². The van der Waals surface area contributed by atoms with Gasteiger partial charge in [-0.3, -0.25) is 4.79 Å². The van der Waals surface area contributed by atoms with Crippen molar-refractivity contribution in [3.63, 3.8) is 0 Å². The molecule has 1 aromatic carbocycles. The van der Waals surface area contributed by atoms with Gasteiger partial charge in [0.2, 0.25) is 0 Å². The second kappa shape index (κ2) is 10.5. The fourth-order valence-corrected chi connectivity index (χ4v) is 3.38. The van der Waals surface area contributed by atoms with E-state index in [2.05, 4.69) is 5.32 Å². The van der Waals surface area contributed by atoms with E-state index in [9.17, 15) is 9.59 Å². The third-order valence-corrected chi connectivity index (χ3v) is 5.20. The van der Waals surface area contributed by atoms with Crippen LogP contribution in [0.2, 0.25) is 0 Å². The summed E-state index contributed by atoms with van der Waals surface area (Å²) in [4.78, 5) is 25.3. The Hall–Kier alpha value is -2.08. The molecule has 156 valence electrons. The van der Waals surface area contributed by atoms with Crippen LogP contribution < -0.4 is 10.1 Å². The van der Waals surface area contributed by atoms with Gasteiger partial charge in [-0.1, -0.05) is 33.1 Å². The summed E-state index contributed by atoms with van der Waals surface area (Å²) in [5, 5.41) is 2.95. The highest BCUT2D eigenvalue weighted by atomic mass is 16.5. The molecular formula is C22H33NO5. The minimum Gasteiger partial charge on any atom is -0.490 e. The molecule has 6 nitrogen and oxygen atoms in total. The van der Waals surface area contributed by atoms with Crippen molar-refractivity contribution in [2.45, 2.75) is 77.4 Å². The van der Waals surface area contributed by atoms with Crippen LogP contribution in [0, 0.1) is 0 Å². The second-order valence-corrected chi connectivity index (χ2v) is 7.40. The average molecular weight is 392 g/mol. The van der Waals surface area contributed by atoms with E-state index in [0.717, 1.165) is 44.9 Å². The smallest absolute Gasteiger partial charge is 0.341 e. The van der Waals surface area contributed by atoms with E-state index in [1.54, 1.807) is 18.2 Å². The lowest BCUT2D eigenvalue weighted by Gasteiger charge is -2.35. The first-order valence-corrected chi connectivity index (χ1v) is 10.3. The van der Waals surface area contributed by atoms with Gasteiger partial charge in [-0.25, -0.2) is 4.79 Å². The van der Waals surface area contributed by atoms with Crippen molar-refractivity contribution in [2.75, 3.05) is 19.0 Å². The molecule has 1 aromatic rings. The Bertz CT molecular complexity index is 667. The van der Waals surface area contributed by atoms with Gasteiger partial charge in [-0.2, -0.15) is 0 Å². The standard InChI is InChI=1S/C22H33NO5/c1-5-14-27-22(12-8-7-9-13-22)21(25)23-17-10-11-19(28-16(3)6-2)18(15-17)20(24)26-4/h10-11,15-16H,5-9,12-14H2,1-4H3,(H,23,25)/t16-/m0/s1. The van der Waals surface area contributed by atoms with Gasteiger partial charge in [0, 0.05) is 12.3 Å². The van der Waals surface area contributed by atoms with Crippen LogP contribution in [-0.2, 0) is 14.3 Å². The van der Waals surface area contributed by atoms with E-state index in [1.165, 1.54) is 7.11 Å². The molecule has 6 heteroatoms. The van der Waals surface area contributed by atoms with Gasteiger partial charge in [-0.15, -0.1) is 0 Å². The van der Waals surface area contributed by atoms with Gasteiger partial charge in [0.05, 0.1) is 13.2 Å². The number of nitrogens with one attached hydrogen (secondary N) is 1. The minimum atomic E-state index is -0.786. The highest BCUT2D eigenvalue weighted by molar-refractivity contribution is 5.99. The molecule has 0 unspecified atom stereocenters. The van der Waals surface area contributed by atoms with E-state index < -0.39 is 11.6 Å². The summed E-state index contributed by atoms with van der Waals surface area (Å²) in [5.41, 5.74) is 0.0469. The Labute approximate surface area is 167 Å². The fraction of sp³-hybridized carbons (Fsp3) is 0.636. The first-order chi connectivity index (χ1) is 13.5. The lowest BCUT2D eigenvalue weighted by atomic mass is 9.83. The van der Waals surface area contributed by atoms with Crippen LogP contribution in [0.25, 0.3) is 0 Å². The Morgan fingerprint density at radius 2 is 1.89 bits per heavy atom. The number of hydrogen-bond acceptors (Lipinski definition) is 5. The van der Waals surface area contributed by atoms with Crippen molar-refractivity contribution >= 4 is 17.6 Å². The van der Waals surface area contributed by atoms with Crippen molar-refractivity contribution < 1.29 is 23.8 Å². The molecule has 1 fully saturated rings. The number of hydrogen-bond donors (Lipinski definition) is 1. The number of carbonyl (C=O) groups is 2. The number of esters is 1. The van der Waals surface area contributed by atoms with Crippen LogP contribution >= 0.6 is 0 Å². The van der Waals surface area contributed by atoms with E-state index in [0.29, 0.717) is 23.6 Å². The van der Waals surface area contributed by atoms with E-state index >= 15 is 0 Å². The third kappa shape index (κ3) is 5.47. The van der Waals surface area contributed by atoms with Crippen LogP contribution in [-0.4, -0.2) is 37.3 Å². The van der Waals surface area contributed by atoms with E-state index in [4.69, 9.17) is 14.2 Å². The number of benzene rings is 1. The molecule has 0 aliphatic heterocycles. The average Bonchev–Trinajstić information content (AvgIpc) is 2.73. The summed E-state index contributed by atoms with van der Waals surface area (Å²) < 4.78 is 16.7. The number of methoxy groups -OCH3 is 1. The summed E-state index contributed by atoms with van der Waals surface area (Å²) in [5.74, 6) is -0.190. The highest BCUT2D eigenvalue weighted by Gasteiger charge is 2.40. The molecule has 0 spiro atoms. The Morgan fingerprint density at radius 1 is 1.18 bits per heavy atom. The summed E-state index contributed by atoms with van der Waals surface area (Å²) in [6.07, 6.45) is 6.17. The molecular weight excluding hydrogens is 358 g/mol. The van der Waals surface area contributed by atoms with Crippen LogP contribution in [0.3, 0.4) is 0 Å². The van der Waals surface area contributed by atoms with Crippen molar-refractivity contribution in [3.05, 3.63) is 23.8 Å². The number of carbonyl (C=O) groups excluding carboxylic acids is 2. The third-order valence-electron chi connectivity index (χ3n) is 5.20. The zero-order chi connectivity index (χ0) is 20.6. The topological polar surface area (TPSA) is 73.9 Å². The van der Waals surface area contributed by atoms with Crippen LogP contribution in [0.5, 0.6) is 5.75 Å².